The van der Waals surface area contributed by atoms with Gasteiger partial charge in [0.15, 0.2) is 11.6 Å². The van der Waals surface area contributed by atoms with E-state index in [1.807, 2.05) is 0 Å². The zero-order valence-electron chi connectivity index (χ0n) is 6.48. The Morgan fingerprint density at radius 3 is 1.93 bits per heavy atom. The van der Waals surface area contributed by atoms with Crippen molar-refractivity contribution in [1.82, 2.24) is 0 Å². The van der Waals surface area contributed by atoms with E-state index in [0.29, 0.717) is 12.1 Å². The van der Waals surface area contributed by atoms with Crippen LogP contribution in [0.2, 0.25) is 0 Å². The lowest BCUT2D eigenvalue weighted by Gasteiger charge is -1.91. The molecule has 82 valence electrons. The summed E-state index contributed by atoms with van der Waals surface area (Å²) in [5, 5.41) is 9.98. The molecule has 0 unspecified atom stereocenters. The molecule has 8 heteroatoms. The van der Waals surface area contributed by atoms with Gasteiger partial charge in [0.05, 0.1) is 11.0 Å². The highest BCUT2D eigenvalue weighted by Crippen LogP contribution is 2.14. The van der Waals surface area contributed by atoms with E-state index >= 15 is 0 Å². The quantitative estimate of drug-likeness (QED) is 0.580. The molecule has 0 aliphatic rings. The van der Waals surface area contributed by atoms with Gasteiger partial charge >= 0.3 is 0 Å². The van der Waals surface area contributed by atoms with E-state index in [1.165, 1.54) is 0 Å². The first-order chi connectivity index (χ1) is 5.11. The molecule has 14 heavy (non-hydrogen) atoms. The van der Waals surface area contributed by atoms with Crippen LogP contribution in [0.5, 0.6) is 0 Å². The van der Waals surface area contributed by atoms with Gasteiger partial charge in [0.25, 0.3) is 5.69 Å². The van der Waals surface area contributed by atoms with Gasteiger partial charge in [0, 0.05) is 6.07 Å². The Labute approximate surface area is 96.9 Å². The van der Waals surface area contributed by atoms with E-state index in [9.17, 15) is 18.9 Å². The maximum Gasteiger partial charge on any atom is 0.272 e. The molecule has 0 bridgehead atoms. The van der Waals surface area contributed by atoms with Crippen LogP contribution in [-0.4, -0.2) is 4.92 Å². The summed E-state index contributed by atoms with van der Waals surface area (Å²) in [4.78, 5) is 9.19. The summed E-state index contributed by atoms with van der Waals surface area (Å²) in [5.41, 5.74) is -0.455. The van der Waals surface area contributed by atoms with Gasteiger partial charge in [-0.2, -0.15) is 0 Å². The van der Waals surface area contributed by atoms with Crippen molar-refractivity contribution in [3.63, 3.8) is 0 Å². The lowest BCUT2D eigenvalue weighted by Crippen LogP contribution is -1.90. The average Bonchev–Trinajstić information content (AvgIpc) is 1.94. The fourth-order valence-corrected chi connectivity index (χ4v) is 0.599. The number of rotatable bonds is 1. The van der Waals surface area contributed by atoms with Crippen LogP contribution in [-0.2, 0) is 0 Å². The minimum atomic E-state index is -1.21. The zero-order chi connectivity index (χ0) is 8.43. The third-order valence-corrected chi connectivity index (χ3v) is 1.11. The summed E-state index contributed by atoms with van der Waals surface area (Å²) in [6.07, 6.45) is 0. The van der Waals surface area contributed by atoms with Crippen LogP contribution < -0.4 is 0 Å². The summed E-state index contributed by atoms with van der Waals surface area (Å²) >= 11 is 0. The van der Waals surface area contributed by atoms with E-state index in [-0.39, 0.29) is 37.2 Å². The number of benzene rings is 1. The summed E-state index contributed by atoms with van der Waals surface area (Å²) in [6, 6.07) is 2.15. The minimum absolute atomic E-state index is 0. The van der Waals surface area contributed by atoms with Crippen molar-refractivity contribution in [1.29, 1.82) is 0 Å². The van der Waals surface area contributed by atoms with Gasteiger partial charge in [-0.3, -0.25) is 10.1 Å². The number of nitro benzene ring substituents is 1. The van der Waals surface area contributed by atoms with Crippen LogP contribution in [0.15, 0.2) is 18.2 Å². The van der Waals surface area contributed by atoms with Crippen LogP contribution in [0.4, 0.5) is 14.5 Å². The molecule has 0 heterocycles. The van der Waals surface area contributed by atoms with Gasteiger partial charge in [-0.15, -0.1) is 37.2 Å². The lowest BCUT2D eigenvalue weighted by molar-refractivity contribution is -0.385. The predicted molar refractivity (Wildman–Crippen MR) is 54.8 cm³/mol. The molecule has 1 aromatic carbocycles. The van der Waals surface area contributed by atoms with E-state index in [0.717, 1.165) is 6.07 Å². The first-order valence-corrected chi connectivity index (χ1v) is 2.70. The van der Waals surface area contributed by atoms with Crippen LogP contribution in [0.1, 0.15) is 0 Å². The largest absolute Gasteiger partial charge is 0.272 e. The van der Waals surface area contributed by atoms with Crippen molar-refractivity contribution in [2.45, 2.75) is 0 Å². The third kappa shape index (κ3) is 4.55. The Bertz CT molecular complexity index is 311. The Hall–Kier alpha value is -0.650. The fourth-order valence-electron chi connectivity index (χ4n) is 0.599. The van der Waals surface area contributed by atoms with E-state index in [4.69, 9.17) is 0 Å². The van der Waals surface area contributed by atoms with Crippen molar-refractivity contribution >= 4 is 42.9 Å². The molecule has 0 N–H and O–H groups in total. The van der Waals surface area contributed by atoms with Gasteiger partial charge in [-0.25, -0.2) is 8.78 Å². The molecular weight excluding hydrogens is 262 g/mol. The summed E-state index contributed by atoms with van der Waals surface area (Å²) < 4.78 is 24.4. The van der Waals surface area contributed by atoms with Gasteiger partial charge < -0.3 is 0 Å². The second-order valence-corrected chi connectivity index (χ2v) is 1.86. The number of nitro groups is 1. The van der Waals surface area contributed by atoms with Crippen molar-refractivity contribution in [2.24, 2.45) is 0 Å². The molecule has 1 rings (SSSR count). The molecule has 0 radical (unpaired) electrons. The van der Waals surface area contributed by atoms with Gasteiger partial charge in [0.1, 0.15) is 0 Å². The van der Waals surface area contributed by atoms with Gasteiger partial charge in [0.2, 0.25) is 0 Å². The Balaban J connectivity index is -0.000000403. The highest BCUT2D eigenvalue weighted by molar-refractivity contribution is 5.86. The van der Waals surface area contributed by atoms with E-state index < -0.39 is 22.2 Å². The van der Waals surface area contributed by atoms with Gasteiger partial charge in [-0.05, 0) is 6.07 Å². The zero-order valence-corrected chi connectivity index (χ0v) is 8.93. The molecule has 3 nitrogen and oxygen atoms in total. The Morgan fingerprint density at radius 1 is 1.07 bits per heavy atom. The van der Waals surface area contributed by atoms with Crippen LogP contribution in [0.25, 0.3) is 0 Å². The van der Waals surface area contributed by atoms with Crippen LogP contribution in [0.3, 0.4) is 0 Å². The molecule has 0 fully saturated rings. The average molecular weight is 268 g/mol. The smallest absolute Gasteiger partial charge is 0.258 e. The van der Waals surface area contributed by atoms with Crippen LogP contribution >= 0.6 is 37.2 Å². The first-order valence-electron chi connectivity index (χ1n) is 2.70. The summed E-state index contributed by atoms with van der Waals surface area (Å²) in [5.74, 6) is -2.30. The monoisotopic (exact) mass is 267 g/mol. The topological polar surface area (TPSA) is 43.1 Å². The van der Waals surface area contributed by atoms with Crippen molar-refractivity contribution in [3.8, 4) is 0 Å². The molecular formula is C6H6Cl3F2NO2. The molecule has 1 aromatic rings. The maximum absolute atomic E-state index is 12.3. The minimum Gasteiger partial charge on any atom is -0.258 e. The van der Waals surface area contributed by atoms with Crippen molar-refractivity contribution < 1.29 is 13.7 Å². The van der Waals surface area contributed by atoms with E-state index in [1.54, 1.807) is 0 Å². The number of nitrogens with zero attached hydrogens (tertiary/aromatic N) is 1. The SMILES string of the molecule is Cl.Cl.Cl.O=[N+]([O-])c1ccc(F)c(F)c1. The third-order valence-electron chi connectivity index (χ3n) is 1.11. The molecule has 0 saturated carbocycles. The normalized spacial score (nSPS) is 7.57. The number of halogens is 5. The first kappa shape index (κ1) is 19.0. The molecule has 0 atom stereocenters. The highest BCUT2D eigenvalue weighted by atomic mass is 35.5. The predicted octanol–water partition coefficient (Wildman–Crippen LogP) is 3.14. The molecule has 0 aliphatic carbocycles. The second kappa shape index (κ2) is 7.73. The Kier molecular flexibility index (Phi) is 10.5. The summed E-state index contributed by atoms with van der Waals surface area (Å²) in [6.45, 7) is 0. The maximum atomic E-state index is 12.3. The molecule has 0 spiro atoms. The number of hydrogen-bond acceptors (Lipinski definition) is 2. The Morgan fingerprint density at radius 2 is 1.57 bits per heavy atom. The standard InChI is InChI=1S/C6H3F2NO2.3ClH/c7-5-2-1-4(9(10)11)3-6(5)8;;;/h1-3H;3*1H. The highest BCUT2D eigenvalue weighted by Gasteiger charge is 2.09. The van der Waals surface area contributed by atoms with Crippen molar-refractivity contribution in [2.75, 3.05) is 0 Å². The number of hydrogen-bond donors (Lipinski definition) is 0. The summed E-state index contributed by atoms with van der Waals surface area (Å²) in [7, 11) is 0. The lowest BCUT2D eigenvalue weighted by atomic mass is 10.3. The van der Waals surface area contributed by atoms with Crippen LogP contribution in [0, 0.1) is 21.7 Å². The van der Waals surface area contributed by atoms with Gasteiger partial charge in [-0.1, -0.05) is 0 Å². The molecule has 0 aromatic heterocycles. The molecule has 0 saturated heterocycles. The molecule has 0 amide bonds. The molecule has 0 aliphatic heterocycles. The van der Waals surface area contributed by atoms with E-state index in [2.05, 4.69) is 0 Å². The van der Waals surface area contributed by atoms with Crippen molar-refractivity contribution in [3.05, 3.63) is 39.9 Å². The second-order valence-electron chi connectivity index (χ2n) is 1.86. The fraction of sp³-hybridized carbons (Fsp3) is 0. The number of non-ortho nitro benzene ring substituents is 1.